The number of rotatable bonds is 6. The second kappa shape index (κ2) is 8.42. The summed E-state index contributed by atoms with van der Waals surface area (Å²) in [6, 6.07) is 4.95. The lowest BCUT2D eigenvalue weighted by atomic mass is 9.87. The standard InChI is InChI=1S/C23H29FN6O3/c1-14-13-29(20(31)4-5-23(17-2-3-17)21(32)27-22(33)28-23)6-7-30(14)19-9-15(8-18(24)10-19)16-11-25-26-12-16/h8-12,14,17,22,28,33H,2-7,13H2,1H3,(H,25,26)(H,27,32)/t14-,22?,23-/m0/s1. The number of nitrogens with zero attached hydrogens (tertiary/aromatic N) is 3. The zero-order valence-corrected chi connectivity index (χ0v) is 18.6. The van der Waals surface area contributed by atoms with Crippen LogP contribution in [-0.4, -0.2) is 69.6 Å². The highest BCUT2D eigenvalue weighted by atomic mass is 19.1. The molecule has 2 amide bonds. The number of hydrogen-bond donors (Lipinski definition) is 4. The number of carbonyl (C=O) groups is 2. The van der Waals surface area contributed by atoms with Crippen molar-refractivity contribution in [3.8, 4) is 11.1 Å². The van der Waals surface area contributed by atoms with Gasteiger partial charge in [0.05, 0.1) is 6.20 Å². The van der Waals surface area contributed by atoms with Gasteiger partial charge < -0.3 is 20.2 Å². The Morgan fingerprint density at radius 3 is 2.73 bits per heavy atom. The van der Waals surface area contributed by atoms with E-state index < -0.39 is 11.9 Å². The number of carbonyl (C=O) groups excluding carboxylic acids is 2. The number of aromatic amines is 1. The minimum absolute atomic E-state index is 0.00385. The van der Waals surface area contributed by atoms with Crippen LogP contribution in [0.4, 0.5) is 10.1 Å². The van der Waals surface area contributed by atoms with Gasteiger partial charge in [0.15, 0.2) is 6.35 Å². The van der Waals surface area contributed by atoms with Crippen molar-refractivity contribution in [2.75, 3.05) is 24.5 Å². The molecule has 0 bridgehead atoms. The van der Waals surface area contributed by atoms with E-state index in [2.05, 4.69) is 25.7 Å². The predicted octanol–water partition coefficient (Wildman–Crippen LogP) is 1.18. The first-order valence-corrected chi connectivity index (χ1v) is 11.5. The molecule has 10 heteroatoms. The van der Waals surface area contributed by atoms with Crippen LogP contribution in [0.1, 0.15) is 32.6 Å². The van der Waals surface area contributed by atoms with Gasteiger partial charge in [0, 0.05) is 49.5 Å². The summed E-state index contributed by atoms with van der Waals surface area (Å²) in [7, 11) is 0. The molecule has 5 rings (SSSR count). The quantitative estimate of drug-likeness (QED) is 0.519. The molecule has 2 saturated heterocycles. The van der Waals surface area contributed by atoms with Gasteiger partial charge in [0.25, 0.3) is 0 Å². The lowest BCUT2D eigenvalue weighted by Crippen LogP contribution is -2.55. The average Bonchev–Trinajstić information content (AvgIpc) is 3.40. The van der Waals surface area contributed by atoms with Crippen LogP contribution in [0.3, 0.4) is 0 Å². The molecule has 1 aliphatic carbocycles. The minimum Gasteiger partial charge on any atom is -0.365 e. The third kappa shape index (κ3) is 4.20. The average molecular weight is 457 g/mol. The van der Waals surface area contributed by atoms with Crippen molar-refractivity contribution in [2.24, 2.45) is 5.92 Å². The molecule has 3 atom stereocenters. The number of aromatic nitrogens is 2. The fraction of sp³-hybridized carbons (Fsp3) is 0.522. The van der Waals surface area contributed by atoms with E-state index in [-0.39, 0.29) is 36.0 Å². The van der Waals surface area contributed by atoms with Crippen molar-refractivity contribution in [2.45, 2.75) is 50.5 Å². The number of nitrogens with one attached hydrogen (secondary N) is 3. The molecule has 33 heavy (non-hydrogen) atoms. The van der Waals surface area contributed by atoms with Gasteiger partial charge in [-0.05, 0) is 55.9 Å². The zero-order chi connectivity index (χ0) is 23.2. The normalized spacial score (nSPS) is 27.7. The molecule has 2 aliphatic heterocycles. The maximum absolute atomic E-state index is 14.3. The molecule has 176 valence electrons. The van der Waals surface area contributed by atoms with Gasteiger partial charge in [-0.1, -0.05) is 0 Å². The molecule has 0 radical (unpaired) electrons. The summed E-state index contributed by atoms with van der Waals surface area (Å²) in [4.78, 5) is 29.4. The lowest BCUT2D eigenvalue weighted by molar-refractivity contribution is -0.133. The third-order valence-electron chi connectivity index (χ3n) is 7.10. The molecule has 3 aliphatic rings. The molecule has 2 aromatic rings. The number of benzene rings is 1. The summed E-state index contributed by atoms with van der Waals surface area (Å²) in [5.41, 5.74) is 1.49. The molecular formula is C23H29FN6O3. The fourth-order valence-electron chi connectivity index (χ4n) is 5.21. The van der Waals surface area contributed by atoms with Gasteiger partial charge in [-0.2, -0.15) is 5.10 Å². The minimum atomic E-state index is -1.06. The molecule has 1 saturated carbocycles. The molecular weight excluding hydrogens is 427 g/mol. The van der Waals surface area contributed by atoms with Crippen molar-refractivity contribution >= 4 is 17.5 Å². The largest absolute Gasteiger partial charge is 0.365 e. The van der Waals surface area contributed by atoms with Crippen LogP contribution in [0, 0.1) is 11.7 Å². The van der Waals surface area contributed by atoms with E-state index in [1.54, 1.807) is 12.4 Å². The van der Waals surface area contributed by atoms with E-state index in [4.69, 9.17) is 0 Å². The summed E-state index contributed by atoms with van der Waals surface area (Å²) in [5.74, 6) is -0.376. The van der Waals surface area contributed by atoms with Crippen molar-refractivity contribution in [3.05, 3.63) is 36.4 Å². The van der Waals surface area contributed by atoms with Gasteiger partial charge >= 0.3 is 0 Å². The SMILES string of the molecule is C[C@H]1CN(C(=O)CC[C@@]2(C3CC3)NC(O)NC2=O)CCN1c1cc(F)cc(-c2cn[nH]c2)c1. The maximum atomic E-state index is 14.3. The van der Waals surface area contributed by atoms with Crippen LogP contribution in [0.25, 0.3) is 11.1 Å². The zero-order valence-electron chi connectivity index (χ0n) is 18.6. The van der Waals surface area contributed by atoms with E-state index in [0.29, 0.717) is 26.1 Å². The molecule has 9 nitrogen and oxygen atoms in total. The Balaban J connectivity index is 1.23. The molecule has 0 spiro atoms. The fourth-order valence-corrected chi connectivity index (χ4v) is 5.21. The van der Waals surface area contributed by atoms with Crippen LogP contribution in [-0.2, 0) is 9.59 Å². The molecule has 4 N–H and O–H groups in total. The number of anilines is 1. The molecule has 1 unspecified atom stereocenters. The number of H-pyrrole nitrogens is 1. The summed E-state index contributed by atoms with van der Waals surface area (Å²) < 4.78 is 14.3. The highest BCUT2D eigenvalue weighted by molar-refractivity contribution is 5.90. The Labute approximate surface area is 191 Å². The monoisotopic (exact) mass is 456 g/mol. The second-order valence-electron chi connectivity index (χ2n) is 9.33. The van der Waals surface area contributed by atoms with Gasteiger partial charge in [-0.15, -0.1) is 0 Å². The van der Waals surface area contributed by atoms with Crippen LogP contribution < -0.4 is 15.5 Å². The van der Waals surface area contributed by atoms with E-state index in [1.807, 2.05) is 17.9 Å². The first-order chi connectivity index (χ1) is 15.9. The maximum Gasteiger partial charge on any atom is 0.243 e. The van der Waals surface area contributed by atoms with Crippen LogP contribution in [0.2, 0.25) is 0 Å². The number of hydrogen-bond acceptors (Lipinski definition) is 6. The summed E-state index contributed by atoms with van der Waals surface area (Å²) >= 11 is 0. The first kappa shape index (κ1) is 21.8. The van der Waals surface area contributed by atoms with Crippen molar-refractivity contribution in [3.63, 3.8) is 0 Å². The van der Waals surface area contributed by atoms with Crippen molar-refractivity contribution < 1.29 is 19.1 Å². The van der Waals surface area contributed by atoms with Crippen LogP contribution >= 0.6 is 0 Å². The van der Waals surface area contributed by atoms with Gasteiger partial charge in [0.1, 0.15) is 11.4 Å². The van der Waals surface area contributed by atoms with Crippen molar-refractivity contribution in [1.82, 2.24) is 25.7 Å². The molecule has 3 heterocycles. The van der Waals surface area contributed by atoms with Crippen LogP contribution in [0.5, 0.6) is 0 Å². The number of aliphatic hydroxyl groups is 1. The summed E-state index contributed by atoms with van der Waals surface area (Å²) in [6.45, 7) is 3.66. The number of aliphatic hydroxyl groups excluding tert-OH is 1. The molecule has 1 aromatic carbocycles. The number of piperazine rings is 1. The summed E-state index contributed by atoms with van der Waals surface area (Å²) in [6.07, 6.45) is 4.77. The Hall–Kier alpha value is -2.98. The first-order valence-electron chi connectivity index (χ1n) is 11.5. The smallest absolute Gasteiger partial charge is 0.243 e. The van der Waals surface area contributed by atoms with Crippen molar-refractivity contribution in [1.29, 1.82) is 0 Å². The summed E-state index contributed by atoms with van der Waals surface area (Å²) in [5, 5.41) is 22.0. The van der Waals surface area contributed by atoms with Gasteiger partial charge in [-0.25, -0.2) is 4.39 Å². The molecule has 3 fully saturated rings. The highest BCUT2D eigenvalue weighted by Gasteiger charge is 2.55. The Morgan fingerprint density at radius 2 is 2.09 bits per heavy atom. The number of halogens is 1. The Bertz CT molecular complexity index is 1040. The van der Waals surface area contributed by atoms with E-state index >= 15 is 0 Å². The van der Waals surface area contributed by atoms with Crippen LogP contribution in [0.15, 0.2) is 30.6 Å². The van der Waals surface area contributed by atoms with E-state index in [9.17, 15) is 19.1 Å². The highest BCUT2D eigenvalue weighted by Crippen LogP contribution is 2.44. The Morgan fingerprint density at radius 1 is 1.27 bits per heavy atom. The topological polar surface area (TPSA) is 114 Å². The lowest BCUT2D eigenvalue weighted by Gasteiger charge is -2.41. The second-order valence-corrected chi connectivity index (χ2v) is 9.33. The van der Waals surface area contributed by atoms with E-state index in [0.717, 1.165) is 29.7 Å². The molecule has 1 aromatic heterocycles. The van der Waals surface area contributed by atoms with Gasteiger partial charge in [-0.3, -0.25) is 20.0 Å². The third-order valence-corrected chi connectivity index (χ3v) is 7.10. The Kier molecular flexibility index (Phi) is 5.57. The predicted molar refractivity (Wildman–Crippen MR) is 119 cm³/mol. The van der Waals surface area contributed by atoms with E-state index in [1.165, 1.54) is 12.1 Å². The van der Waals surface area contributed by atoms with Gasteiger partial charge in [0.2, 0.25) is 11.8 Å². The number of amides is 2.